The minimum Gasteiger partial charge on any atom is -0.379 e. The molecule has 4 rings (SSSR count). The quantitative estimate of drug-likeness (QED) is 0.869. The molecule has 2 aromatic heterocycles. The van der Waals surface area contributed by atoms with Gasteiger partial charge in [-0.25, -0.2) is 4.98 Å². The molecular weight excluding hydrogens is 272 g/mol. The van der Waals surface area contributed by atoms with Crippen molar-refractivity contribution in [3.63, 3.8) is 0 Å². The molecule has 0 spiro atoms. The van der Waals surface area contributed by atoms with Crippen LogP contribution in [0.1, 0.15) is 17.2 Å². The van der Waals surface area contributed by atoms with Crippen LogP contribution < -0.4 is 5.73 Å². The molecule has 6 heteroatoms. The smallest absolute Gasteiger partial charge is 0.154 e. The number of ether oxygens (including phenoxy) is 1. The van der Waals surface area contributed by atoms with Crippen LogP contribution >= 0.6 is 11.8 Å². The summed E-state index contributed by atoms with van der Waals surface area (Å²) in [5.74, 6) is 0.502. The van der Waals surface area contributed by atoms with Gasteiger partial charge in [-0.3, -0.25) is 4.99 Å². The number of thioether (sulfide) groups is 1. The van der Waals surface area contributed by atoms with Gasteiger partial charge in [0.1, 0.15) is 5.65 Å². The van der Waals surface area contributed by atoms with E-state index >= 15 is 0 Å². The van der Waals surface area contributed by atoms with Gasteiger partial charge in [0.25, 0.3) is 0 Å². The molecule has 2 aromatic rings. The largest absolute Gasteiger partial charge is 0.379 e. The molecule has 0 aliphatic carbocycles. The summed E-state index contributed by atoms with van der Waals surface area (Å²) in [6, 6.07) is 4.42. The van der Waals surface area contributed by atoms with E-state index in [2.05, 4.69) is 32.7 Å². The van der Waals surface area contributed by atoms with Gasteiger partial charge in [0.05, 0.1) is 12.6 Å². The molecular formula is C14H16N4OS. The number of pyridine rings is 1. The second kappa shape index (κ2) is 4.79. The summed E-state index contributed by atoms with van der Waals surface area (Å²) in [5, 5.41) is 1.03. The topological polar surface area (TPSA) is 64.9 Å². The van der Waals surface area contributed by atoms with Crippen molar-refractivity contribution in [1.82, 2.24) is 9.38 Å². The van der Waals surface area contributed by atoms with Crippen LogP contribution in [0.2, 0.25) is 0 Å². The third kappa shape index (κ3) is 1.99. The Morgan fingerprint density at radius 1 is 1.40 bits per heavy atom. The predicted octanol–water partition coefficient (Wildman–Crippen LogP) is 1.84. The third-order valence-electron chi connectivity index (χ3n) is 4.05. The van der Waals surface area contributed by atoms with Gasteiger partial charge in [-0.1, -0.05) is 17.8 Å². The van der Waals surface area contributed by atoms with E-state index in [-0.39, 0.29) is 6.04 Å². The van der Waals surface area contributed by atoms with E-state index in [1.807, 2.05) is 12.4 Å². The van der Waals surface area contributed by atoms with Crippen molar-refractivity contribution in [2.45, 2.75) is 17.7 Å². The Bertz CT molecular complexity index is 668. The van der Waals surface area contributed by atoms with Gasteiger partial charge < -0.3 is 14.9 Å². The lowest BCUT2D eigenvalue weighted by molar-refractivity contribution is 0.0485. The zero-order valence-corrected chi connectivity index (χ0v) is 11.8. The highest BCUT2D eigenvalue weighted by Gasteiger charge is 2.37. The van der Waals surface area contributed by atoms with Crippen LogP contribution in [0.5, 0.6) is 0 Å². The minimum absolute atomic E-state index is 0.202. The Morgan fingerprint density at radius 3 is 3.30 bits per heavy atom. The number of amidine groups is 1. The molecule has 0 amide bonds. The molecule has 1 saturated heterocycles. The predicted molar refractivity (Wildman–Crippen MR) is 79.9 cm³/mol. The van der Waals surface area contributed by atoms with E-state index in [1.165, 1.54) is 5.56 Å². The molecule has 5 nitrogen and oxygen atoms in total. The van der Waals surface area contributed by atoms with Crippen LogP contribution in [0.4, 0.5) is 0 Å². The molecule has 3 unspecified atom stereocenters. The Hall–Kier alpha value is -1.53. The Kier molecular flexibility index (Phi) is 2.93. The molecule has 1 fully saturated rings. The van der Waals surface area contributed by atoms with Crippen molar-refractivity contribution in [2.75, 3.05) is 13.2 Å². The molecule has 20 heavy (non-hydrogen) atoms. The van der Waals surface area contributed by atoms with E-state index in [4.69, 9.17) is 10.5 Å². The van der Waals surface area contributed by atoms with Crippen LogP contribution in [0.25, 0.3) is 5.65 Å². The molecule has 3 atom stereocenters. The van der Waals surface area contributed by atoms with Gasteiger partial charge in [-0.05, 0) is 18.1 Å². The number of imidazole rings is 1. The summed E-state index contributed by atoms with van der Waals surface area (Å²) in [6.07, 6.45) is 7.00. The van der Waals surface area contributed by atoms with Gasteiger partial charge in [-0.15, -0.1) is 0 Å². The molecule has 0 radical (unpaired) electrons. The van der Waals surface area contributed by atoms with Crippen molar-refractivity contribution < 1.29 is 4.74 Å². The Balaban J connectivity index is 1.73. The lowest BCUT2D eigenvalue weighted by Gasteiger charge is -2.38. The molecule has 0 aromatic carbocycles. The summed E-state index contributed by atoms with van der Waals surface area (Å²) in [4.78, 5) is 8.83. The first kappa shape index (κ1) is 12.2. The lowest BCUT2D eigenvalue weighted by Crippen LogP contribution is -2.39. The SMILES string of the molecule is NC1=NC2COCCC2C(c2ccc3nccn3c2)S1. The van der Waals surface area contributed by atoms with Gasteiger partial charge in [-0.2, -0.15) is 0 Å². The first-order chi connectivity index (χ1) is 9.81. The monoisotopic (exact) mass is 288 g/mol. The third-order valence-corrected chi connectivity index (χ3v) is 5.27. The molecule has 4 heterocycles. The van der Waals surface area contributed by atoms with Gasteiger partial charge in [0, 0.05) is 36.4 Å². The highest BCUT2D eigenvalue weighted by molar-refractivity contribution is 8.14. The van der Waals surface area contributed by atoms with Gasteiger partial charge >= 0.3 is 0 Å². The fourth-order valence-corrected chi connectivity index (χ4v) is 4.28. The van der Waals surface area contributed by atoms with Crippen molar-refractivity contribution >= 4 is 22.6 Å². The maximum atomic E-state index is 6.00. The second-order valence-corrected chi connectivity index (χ2v) is 6.42. The molecule has 0 bridgehead atoms. The zero-order chi connectivity index (χ0) is 13.5. The van der Waals surface area contributed by atoms with E-state index in [1.54, 1.807) is 11.8 Å². The molecule has 2 aliphatic rings. The molecule has 0 saturated carbocycles. The highest BCUT2D eigenvalue weighted by atomic mass is 32.2. The number of nitrogens with zero attached hydrogens (tertiary/aromatic N) is 3. The minimum atomic E-state index is 0.202. The van der Waals surface area contributed by atoms with E-state index < -0.39 is 0 Å². The van der Waals surface area contributed by atoms with Crippen LogP contribution in [0.15, 0.2) is 35.7 Å². The normalized spacial score (nSPS) is 30.0. The highest BCUT2D eigenvalue weighted by Crippen LogP contribution is 2.44. The summed E-state index contributed by atoms with van der Waals surface area (Å²) >= 11 is 1.67. The average molecular weight is 288 g/mol. The Morgan fingerprint density at radius 2 is 2.35 bits per heavy atom. The molecule has 104 valence electrons. The van der Waals surface area contributed by atoms with Crippen LogP contribution in [0.3, 0.4) is 0 Å². The average Bonchev–Trinajstić information content (AvgIpc) is 2.93. The first-order valence-electron chi connectivity index (χ1n) is 6.81. The fraction of sp³-hybridized carbons (Fsp3) is 0.429. The number of nitrogens with two attached hydrogens (primary N) is 1. The second-order valence-electron chi connectivity index (χ2n) is 5.26. The maximum Gasteiger partial charge on any atom is 0.154 e. The van der Waals surface area contributed by atoms with Crippen molar-refractivity contribution in [3.8, 4) is 0 Å². The van der Waals surface area contributed by atoms with Crippen molar-refractivity contribution in [1.29, 1.82) is 0 Å². The number of aliphatic imine (C=N–C) groups is 1. The van der Waals surface area contributed by atoms with Crippen molar-refractivity contribution in [3.05, 3.63) is 36.3 Å². The maximum absolute atomic E-state index is 6.00. The summed E-state index contributed by atoms with van der Waals surface area (Å²) in [6.45, 7) is 1.51. The van der Waals surface area contributed by atoms with Crippen molar-refractivity contribution in [2.24, 2.45) is 16.6 Å². The van der Waals surface area contributed by atoms with E-state index in [0.29, 0.717) is 22.9 Å². The summed E-state index contributed by atoms with van der Waals surface area (Å²) in [5.41, 5.74) is 8.26. The number of fused-ring (bicyclic) bond motifs is 2. The van der Waals surface area contributed by atoms with Crippen LogP contribution in [-0.4, -0.2) is 33.8 Å². The van der Waals surface area contributed by atoms with Crippen LogP contribution in [0, 0.1) is 5.92 Å². The van der Waals surface area contributed by atoms with Crippen LogP contribution in [-0.2, 0) is 4.74 Å². The molecule has 2 N–H and O–H groups in total. The first-order valence-corrected chi connectivity index (χ1v) is 7.69. The number of hydrogen-bond donors (Lipinski definition) is 1. The summed E-state index contributed by atoms with van der Waals surface area (Å²) in [7, 11) is 0. The number of aromatic nitrogens is 2. The van der Waals surface area contributed by atoms with Gasteiger partial charge in [0.15, 0.2) is 5.17 Å². The summed E-state index contributed by atoms with van der Waals surface area (Å²) < 4.78 is 7.60. The lowest BCUT2D eigenvalue weighted by atomic mass is 9.88. The molecule has 2 aliphatic heterocycles. The number of hydrogen-bond acceptors (Lipinski definition) is 5. The standard InChI is InChI=1S/C14H16N4OS/c15-14-17-11-8-19-6-3-10(11)13(20-14)9-1-2-12-16-4-5-18(12)7-9/h1-2,4-5,7,10-11,13H,3,6,8H2,(H2,15,17). The Labute approximate surface area is 121 Å². The zero-order valence-electron chi connectivity index (χ0n) is 11.0. The van der Waals surface area contributed by atoms with Gasteiger partial charge in [0.2, 0.25) is 0 Å². The van der Waals surface area contributed by atoms with E-state index in [0.717, 1.165) is 18.7 Å². The van der Waals surface area contributed by atoms with E-state index in [9.17, 15) is 0 Å². The fourth-order valence-electron chi connectivity index (χ4n) is 3.06. The number of rotatable bonds is 1.